The molecule has 1 amide bonds. The van der Waals surface area contributed by atoms with Crippen molar-refractivity contribution in [2.75, 3.05) is 5.32 Å². The van der Waals surface area contributed by atoms with E-state index in [4.69, 9.17) is 0 Å². The molecule has 2 aromatic rings. The number of rotatable bonds is 3. The summed E-state index contributed by atoms with van der Waals surface area (Å²) in [6.07, 6.45) is 0. The Balaban J connectivity index is 2.02. The van der Waals surface area contributed by atoms with E-state index in [0.29, 0.717) is 22.0 Å². The van der Waals surface area contributed by atoms with E-state index in [0.717, 1.165) is 5.56 Å². The average molecular weight is 347 g/mol. The highest BCUT2D eigenvalue weighted by atomic mass is 32.1. The minimum absolute atomic E-state index is 0.185. The fraction of sp³-hybridized carbons (Fsp3) is 0.150. The summed E-state index contributed by atoms with van der Waals surface area (Å²) >= 11 is 4.35. The van der Waals surface area contributed by atoms with Gasteiger partial charge in [-0.3, -0.25) is 4.79 Å². The van der Waals surface area contributed by atoms with Crippen LogP contribution in [0.4, 0.5) is 5.69 Å². The van der Waals surface area contributed by atoms with E-state index in [2.05, 4.69) is 29.0 Å². The smallest absolute Gasteiger partial charge is 0.234 e. The lowest BCUT2D eigenvalue weighted by Crippen LogP contribution is -2.36. The molecule has 0 aliphatic carbocycles. The van der Waals surface area contributed by atoms with E-state index < -0.39 is 11.8 Å². The standard InChI is InChI=1S/C20H17N3OS/c1-13-17(19(24)23-15-10-6-3-7-11-15)18(14-8-4-2-5-9-14)16(12-21)20(25)22-13/h2-11,17-18,25H,1H3,(H,23,24)/t17?,18-/m1/s1. The molecular weight excluding hydrogens is 330 g/mol. The van der Waals surface area contributed by atoms with Crippen LogP contribution in [0.2, 0.25) is 0 Å². The number of aliphatic imine (C=N–C) groups is 1. The number of anilines is 1. The summed E-state index contributed by atoms with van der Waals surface area (Å²) in [5, 5.41) is 12.9. The van der Waals surface area contributed by atoms with Gasteiger partial charge in [0.05, 0.1) is 17.6 Å². The maximum Gasteiger partial charge on any atom is 0.234 e. The second-order valence-electron chi connectivity index (χ2n) is 5.82. The molecule has 0 aromatic heterocycles. The number of amides is 1. The molecule has 0 fully saturated rings. The van der Waals surface area contributed by atoms with Gasteiger partial charge in [-0.2, -0.15) is 5.26 Å². The van der Waals surface area contributed by atoms with E-state index in [9.17, 15) is 10.1 Å². The number of nitriles is 1. The SMILES string of the molecule is CC1=NC(S)=C(C#N)[C@@H](c2ccccc2)C1C(=O)Nc1ccccc1. The van der Waals surface area contributed by atoms with Crippen LogP contribution >= 0.6 is 12.6 Å². The van der Waals surface area contributed by atoms with Crippen LogP contribution in [-0.2, 0) is 4.79 Å². The Labute approximate surface area is 152 Å². The summed E-state index contributed by atoms with van der Waals surface area (Å²) in [5.41, 5.74) is 2.67. The molecule has 3 rings (SSSR count). The van der Waals surface area contributed by atoms with Gasteiger partial charge in [-0.15, -0.1) is 12.6 Å². The Morgan fingerprint density at radius 2 is 1.72 bits per heavy atom. The van der Waals surface area contributed by atoms with Crippen molar-refractivity contribution in [3.05, 3.63) is 76.8 Å². The van der Waals surface area contributed by atoms with E-state index in [1.54, 1.807) is 6.92 Å². The van der Waals surface area contributed by atoms with Crippen molar-refractivity contribution >= 4 is 29.9 Å². The van der Waals surface area contributed by atoms with Crippen molar-refractivity contribution < 1.29 is 4.79 Å². The molecule has 0 saturated carbocycles. The molecule has 2 atom stereocenters. The fourth-order valence-corrected chi connectivity index (χ4v) is 3.41. The van der Waals surface area contributed by atoms with Crippen molar-refractivity contribution in [3.8, 4) is 6.07 Å². The molecule has 25 heavy (non-hydrogen) atoms. The Kier molecular flexibility index (Phi) is 5.01. The summed E-state index contributed by atoms with van der Waals surface area (Å²) in [5.74, 6) is -1.15. The monoisotopic (exact) mass is 347 g/mol. The predicted octanol–water partition coefficient (Wildman–Crippen LogP) is 4.16. The number of hydrogen-bond donors (Lipinski definition) is 2. The third-order valence-electron chi connectivity index (χ3n) is 4.22. The van der Waals surface area contributed by atoms with Gasteiger partial charge in [0.25, 0.3) is 0 Å². The molecule has 0 saturated heterocycles. The van der Waals surface area contributed by atoms with Crippen molar-refractivity contribution in [2.45, 2.75) is 12.8 Å². The Hall–Kier alpha value is -2.84. The van der Waals surface area contributed by atoms with Crippen LogP contribution in [0, 0.1) is 17.2 Å². The number of thiol groups is 1. The first kappa shape index (κ1) is 17.0. The van der Waals surface area contributed by atoms with Crippen LogP contribution in [0.5, 0.6) is 0 Å². The molecule has 124 valence electrons. The quantitative estimate of drug-likeness (QED) is 0.819. The molecule has 4 nitrogen and oxygen atoms in total. The third-order valence-corrected chi connectivity index (χ3v) is 4.56. The lowest BCUT2D eigenvalue weighted by atomic mass is 9.77. The second kappa shape index (κ2) is 7.37. The lowest BCUT2D eigenvalue weighted by molar-refractivity contribution is -0.118. The highest BCUT2D eigenvalue weighted by Gasteiger charge is 2.38. The number of carbonyl (C=O) groups excluding carboxylic acids is 1. The number of benzene rings is 2. The minimum atomic E-state index is -0.562. The largest absolute Gasteiger partial charge is 0.325 e. The van der Waals surface area contributed by atoms with Crippen molar-refractivity contribution in [1.29, 1.82) is 5.26 Å². The number of para-hydroxylation sites is 1. The third kappa shape index (κ3) is 3.49. The molecule has 5 heteroatoms. The van der Waals surface area contributed by atoms with E-state index in [1.807, 2.05) is 60.7 Å². The average Bonchev–Trinajstić information content (AvgIpc) is 2.62. The molecule has 1 N–H and O–H groups in total. The first-order valence-electron chi connectivity index (χ1n) is 7.91. The number of allylic oxidation sites excluding steroid dienone is 1. The van der Waals surface area contributed by atoms with Crippen LogP contribution in [0.1, 0.15) is 18.4 Å². The number of hydrogen-bond acceptors (Lipinski definition) is 4. The highest BCUT2D eigenvalue weighted by Crippen LogP contribution is 2.39. The molecule has 2 aromatic carbocycles. The van der Waals surface area contributed by atoms with Crippen LogP contribution in [-0.4, -0.2) is 11.6 Å². The first-order chi connectivity index (χ1) is 12.1. The maximum atomic E-state index is 13.0. The van der Waals surface area contributed by atoms with Crippen LogP contribution in [0.25, 0.3) is 0 Å². The molecule has 1 aliphatic rings. The molecule has 0 bridgehead atoms. The molecule has 1 heterocycles. The van der Waals surface area contributed by atoms with Gasteiger partial charge < -0.3 is 5.32 Å². The number of carbonyl (C=O) groups is 1. The topological polar surface area (TPSA) is 65.2 Å². The second-order valence-corrected chi connectivity index (χ2v) is 6.25. The summed E-state index contributed by atoms with van der Waals surface area (Å²) in [7, 11) is 0. The molecule has 0 spiro atoms. The van der Waals surface area contributed by atoms with Gasteiger partial charge >= 0.3 is 0 Å². The van der Waals surface area contributed by atoms with Crippen molar-refractivity contribution in [2.24, 2.45) is 10.9 Å². The molecule has 1 unspecified atom stereocenters. The molecule has 0 radical (unpaired) electrons. The van der Waals surface area contributed by atoms with Gasteiger partial charge in [0.1, 0.15) is 5.03 Å². The zero-order chi connectivity index (χ0) is 17.8. The van der Waals surface area contributed by atoms with Crippen LogP contribution < -0.4 is 5.32 Å². The lowest BCUT2D eigenvalue weighted by Gasteiger charge is -2.30. The minimum Gasteiger partial charge on any atom is -0.325 e. The highest BCUT2D eigenvalue weighted by molar-refractivity contribution is 7.84. The van der Waals surface area contributed by atoms with Crippen LogP contribution in [0.3, 0.4) is 0 Å². The number of nitrogens with zero attached hydrogens (tertiary/aromatic N) is 2. The Bertz CT molecular complexity index is 882. The van der Waals surface area contributed by atoms with Gasteiger partial charge in [0, 0.05) is 17.3 Å². The van der Waals surface area contributed by atoms with Gasteiger partial charge in [-0.25, -0.2) is 4.99 Å². The number of nitrogens with one attached hydrogen (secondary N) is 1. The van der Waals surface area contributed by atoms with Gasteiger partial charge in [-0.1, -0.05) is 48.5 Å². The van der Waals surface area contributed by atoms with Crippen molar-refractivity contribution in [1.82, 2.24) is 0 Å². The maximum absolute atomic E-state index is 13.0. The summed E-state index contributed by atoms with van der Waals surface area (Å²) in [6, 6.07) is 21.0. The Morgan fingerprint density at radius 1 is 1.12 bits per heavy atom. The van der Waals surface area contributed by atoms with Crippen molar-refractivity contribution in [3.63, 3.8) is 0 Å². The van der Waals surface area contributed by atoms with Gasteiger partial charge in [0.2, 0.25) is 5.91 Å². The normalized spacial score (nSPS) is 19.8. The van der Waals surface area contributed by atoms with Gasteiger partial charge in [0.15, 0.2) is 0 Å². The van der Waals surface area contributed by atoms with E-state index in [1.165, 1.54) is 0 Å². The first-order valence-corrected chi connectivity index (χ1v) is 8.36. The fourth-order valence-electron chi connectivity index (χ4n) is 3.07. The van der Waals surface area contributed by atoms with Gasteiger partial charge in [-0.05, 0) is 24.6 Å². The van der Waals surface area contributed by atoms with E-state index >= 15 is 0 Å². The molecule has 1 aliphatic heterocycles. The predicted molar refractivity (Wildman–Crippen MR) is 102 cm³/mol. The Morgan fingerprint density at radius 3 is 2.32 bits per heavy atom. The summed E-state index contributed by atoms with van der Waals surface area (Å²) < 4.78 is 0. The zero-order valence-electron chi connectivity index (χ0n) is 13.7. The zero-order valence-corrected chi connectivity index (χ0v) is 14.6. The van der Waals surface area contributed by atoms with E-state index in [-0.39, 0.29) is 5.91 Å². The van der Waals surface area contributed by atoms with Crippen LogP contribution in [0.15, 0.2) is 76.3 Å². The summed E-state index contributed by atoms with van der Waals surface area (Å²) in [6.45, 7) is 1.80. The summed E-state index contributed by atoms with van der Waals surface area (Å²) in [4.78, 5) is 17.3. The molecular formula is C20H17N3OS.